The minimum atomic E-state index is 0.348. The predicted molar refractivity (Wildman–Crippen MR) is 61.0 cm³/mol. The first-order valence-electron chi connectivity index (χ1n) is 6.09. The molecule has 1 N–H and O–H groups in total. The number of aromatic nitrogens is 3. The van der Waals surface area contributed by atoms with E-state index in [4.69, 9.17) is 4.74 Å². The molecule has 0 aliphatic carbocycles. The first-order chi connectivity index (χ1) is 7.86. The van der Waals surface area contributed by atoms with E-state index in [-0.39, 0.29) is 0 Å². The minimum absolute atomic E-state index is 0.348. The third-order valence-electron chi connectivity index (χ3n) is 2.88. The molecular weight excluding hydrogens is 204 g/mol. The average molecular weight is 224 g/mol. The van der Waals surface area contributed by atoms with Crippen LogP contribution >= 0.6 is 0 Å². The summed E-state index contributed by atoms with van der Waals surface area (Å²) >= 11 is 0. The lowest BCUT2D eigenvalue weighted by Gasteiger charge is -2.23. The summed E-state index contributed by atoms with van der Waals surface area (Å²) in [5.41, 5.74) is 0. The van der Waals surface area contributed by atoms with Crippen LogP contribution in [0.25, 0.3) is 0 Å². The molecule has 0 spiro atoms. The maximum Gasteiger partial charge on any atom is 0.159 e. The Kier molecular flexibility index (Phi) is 3.90. The summed E-state index contributed by atoms with van der Waals surface area (Å²) in [5, 5.41) is 11.9. The van der Waals surface area contributed by atoms with Crippen molar-refractivity contribution in [1.82, 2.24) is 20.1 Å². The molecule has 0 fully saturated rings. The second-order valence-corrected chi connectivity index (χ2v) is 4.09. The predicted octanol–water partition coefficient (Wildman–Crippen LogP) is 1.26. The molecule has 0 saturated carbocycles. The molecule has 0 bridgehead atoms. The first-order valence-corrected chi connectivity index (χ1v) is 6.09. The highest BCUT2D eigenvalue weighted by molar-refractivity contribution is 5.03. The average Bonchev–Trinajstić information content (AvgIpc) is 2.73. The molecule has 0 radical (unpaired) electrons. The number of nitrogens with one attached hydrogen (secondary N) is 1. The lowest BCUT2D eigenvalue weighted by molar-refractivity contribution is 0.112. The van der Waals surface area contributed by atoms with Gasteiger partial charge < -0.3 is 14.6 Å². The molecule has 2 rings (SSSR count). The Morgan fingerprint density at radius 2 is 2.31 bits per heavy atom. The SMILES string of the molecule is CCCOCc1nnc2n1CCNC2CC. The summed E-state index contributed by atoms with van der Waals surface area (Å²) in [6.07, 6.45) is 2.09. The van der Waals surface area contributed by atoms with E-state index in [2.05, 4.69) is 33.9 Å². The van der Waals surface area contributed by atoms with Crippen LogP contribution < -0.4 is 5.32 Å². The zero-order valence-electron chi connectivity index (χ0n) is 10.1. The van der Waals surface area contributed by atoms with Crippen molar-refractivity contribution in [2.75, 3.05) is 13.2 Å². The van der Waals surface area contributed by atoms with Gasteiger partial charge in [0.25, 0.3) is 0 Å². The molecule has 0 aromatic carbocycles. The summed E-state index contributed by atoms with van der Waals surface area (Å²) in [6.45, 7) is 7.58. The standard InChI is InChI=1S/C11H20N4O/c1-3-7-16-8-10-13-14-11-9(4-2)12-5-6-15(10)11/h9,12H,3-8H2,1-2H3. The van der Waals surface area contributed by atoms with Crippen molar-refractivity contribution in [2.24, 2.45) is 0 Å². The fourth-order valence-corrected chi connectivity index (χ4v) is 2.03. The molecule has 0 amide bonds. The van der Waals surface area contributed by atoms with E-state index in [9.17, 15) is 0 Å². The van der Waals surface area contributed by atoms with Gasteiger partial charge in [0, 0.05) is 19.7 Å². The number of ether oxygens (including phenoxy) is 1. The number of nitrogens with zero attached hydrogens (tertiary/aromatic N) is 3. The van der Waals surface area contributed by atoms with Gasteiger partial charge >= 0.3 is 0 Å². The van der Waals surface area contributed by atoms with Gasteiger partial charge in [0.1, 0.15) is 12.4 Å². The van der Waals surface area contributed by atoms with Crippen LogP contribution in [0.3, 0.4) is 0 Å². The second kappa shape index (κ2) is 5.41. The van der Waals surface area contributed by atoms with Crippen LogP contribution in [0.5, 0.6) is 0 Å². The van der Waals surface area contributed by atoms with Crippen molar-refractivity contribution in [2.45, 2.75) is 45.9 Å². The molecule has 1 unspecified atom stereocenters. The topological polar surface area (TPSA) is 52.0 Å². The lowest BCUT2D eigenvalue weighted by Crippen LogP contribution is -2.34. The maximum absolute atomic E-state index is 5.52. The van der Waals surface area contributed by atoms with E-state index in [1.165, 1.54) is 0 Å². The van der Waals surface area contributed by atoms with Crippen molar-refractivity contribution in [3.63, 3.8) is 0 Å². The Morgan fingerprint density at radius 3 is 3.06 bits per heavy atom. The number of fused-ring (bicyclic) bond motifs is 1. The molecule has 0 saturated heterocycles. The maximum atomic E-state index is 5.52. The molecule has 1 aliphatic rings. The zero-order chi connectivity index (χ0) is 11.4. The van der Waals surface area contributed by atoms with Crippen molar-refractivity contribution in [3.05, 3.63) is 11.6 Å². The van der Waals surface area contributed by atoms with Crippen LogP contribution in [-0.4, -0.2) is 27.9 Å². The van der Waals surface area contributed by atoms with Gasteiger partial charge in [0.2, 0.25) is 0 Å². The zero-order valence-corrected chi connectivity index (χ0v) is 10.1. The van der Waals surface area contributed by atoms with E-state index in [0.29, 0.717) is 12.6 Å². The molecule has 1 aromatic heterocycles. The Hall–Kier alpha value is -0.940. The van der Waals surface area contributed by atoms with Gasteiger partial charge in [-0.3, -0.25) is 0 Å². The summed E-state index contributed by atoms with van der Waals surface area (Å²) in [6, 6.07) is 0.348. The van der Waals surface area contributed by atoms with Gasteiger partial charge in [-0.2, -0.15) is 0 Å². The van der Waals surface area contributed by atoms with Crippen LogP contribution in [0.4, 0.5) is 0 Å². The van der Waals surface area contributed by atoms with E-state index < -0.39 is 0 Å². The van der Waals surface area contributed by atoms with Crippen LogP contribution in [0, 0.1) is 0 Å². The van der Waals surface area contributed by atoms with E-state index in [1.54, 1.807) is 0 Å². The Balaban J connectivity index is 2.07. The molecule has 2 heterocycles. The quantitative estimate of drug-likeness (QED) is 0.765. The smallest absolute Gasteiger partial charge is 0.159 e. The van der Waals surface area contributed by atoms with E-state index in [0.717, 1.165) is 44.2 Å². The summed E-state index contributed by atoms with van der Waals surface area (Å²) < 4.78 is 7.71. The normalized spacial score (nSPS) is 19.8. The van der Waals surface area contributed by atoms with Crippen LogP contribution in [-0.2, 0) is 17.9 Å². The number of hydrogen-bond donors (Lipinski definition) is 1. The molecular formula is C11H20N4O. The van der Waals surface area contributed by atoms with Crippen molar-refractivity contribution in [3.8, 4) is 0 Å². The molecule has 1 aromatic rings. The molecule has 1 aliphatic heterocycles. The van der Waals surface area contributed by atoms with E-state index in [1.807, 2.05) is 0 Å². The Morgan fingerprint density at radius 1 is 1.44 bits per heavy atom. The molecule has 16 heavy (non-hydrogen) atoms. The van der Waals surface area contributed by atoms with Gasteiger partial charge in [-0.05, 0) is 12.8 Å². The third kappa shape index (κ3) is 2.25. The monoisotopic (exact) mass is 224 g/mol. The second-order valence-electron chi connectivity index (χ2n) is 4.09. The van der Waals surface area contributed by atoms with Gasteiger partial charge in [-0.15, -0.1) is 10.2 Å². The van der Waals surface area contributed by atoms with Gasteiger partial charge in [0.05, 0.1) is 6.04 Å². The molecule has 90 valence electrons. The Bertz CT molecular complexity index is 337. The lowest BCUT2D eigenvalue weighted by atomic mass is 10.2. The molecule has 5 heteroatoms. The molecule has 5 nitrogen and oxygen atoms in total. The fourth-order valence-electron chi connectivity index (χ4n) is 2.03. The van der Waals surface area contributed by atoms with Gasteiger partial charge in [0.15, 0.2) is 5.82 Å². The van der Waals surface area contributed by atoms with Crippen LogP contribution in [0.1, 0.15) is 44.4 Å². The highest BCUT2D eigenvalue weighted by atomic mass is 16.5. The van der Waals surface area contributed by atoms with Crippen LogP contribution in [0.2, 0.25) is 0 Å². The molecule has 1 atom stereocenters. The van der Waals surface area contributed by atoms with Gasteiger partial charge in [-0.25, -0.2) is 0 Å². The fraction of sp³-hybridized carbons (Fsp3) is 0.818. The first kappa shape index (κ1) is 11.5. The highest BCUT2D eigenvalue weighted by Gasteiger charge is 2.22. The van der Waals surface area contributed by atoms with Gasteiger partial charge in [-0.1, -0.05) is 13.8 Å². The van der Waals surface area contributed by atoms with Crippen molar-refractivity contribution in [1.29, 1.82) is 0 Å². The highest BCUT2D eigenvalue weighted by Crippen LogP contribution is 2.19. The minimum Gasteiger partial charge on any atom is -0.373 e. The van der Waals surface area contributed by atoms with Crippen molar-refractivity contribution < 1.29 is 4.74 Å². The van der Waals surface area contributed by atoms with Crippen molar-refractivity contribution >= 4 is 0 Å². The van der Waals surface area contributed by atoms with Crippen LogP contribution in [0.15, 0.2) is 0 Å². The number of rotatable bonds is 5. The largest absolute Gasteiger partial charge is 0.373 e. The summed E-state index contributed by atoms with van der Waals surface area (Å²) in [5.74, 6) is 2.02. The summed E-state index contributed by atoms with van der Waals surface area (Å²) in [4.78, 5) is 0. The summed E-state index contributed by atoms with van der Waals surface area (Å²) in [7, 11) is 0. The Labute approximate surface area is 96.2 Å². The third-order valence-corrected chi connectivity index (χ3v) is 2.88. The van der Waals surface area contributed by atoms with E-state index >= 15 is 0 Å². The number of hydrogen-bond acceptors (Lipinski definition) is 4.